The Morgan fingerprint density at radius 1 is 1.21 bits per heavy atom. The van der Waals surface area contributed by atoms with Crippen molar-refractivity contribution in [1.82, 2.24) is 4.90 Å². The first-order valence-corrected chi connectivity index (χ1v) is 6.91. The van der Waals surface area contributed by atoms with E-state index < -0.39 is 0 Å². The van der Waals surface area contributed by atoms with Crippen molar-refractivity contribution in [3.63, 3.8) is 0 Å². The van der Waals surface area contributed by atoms with Crippen molar-refractivity contribution in [2.45, 2.75) is 38.6 Å². The predicted octanol–water partition coefficient (Wildman–Crippen LogP) is 2.62. The highest BCUT2D eigenvalue weighted by atomic mass is 16.1. The molecule has 19 heavy (non-hydrogen) atoms. The summed E-state index contributed by atoms with van der Waals surface area (Å²) in [6.07, 6.45) is 2.71. The zero-order valence-corrected chi connectivity index (χ0v) is 11.7. The number of aryl methyl sites for hydroxylation is 1. The van der Waals surface area contributed by atoms with Crippen LogP contribution in [0.15, 0.2) is 24.3 Å². The van der Waals surface area contributed by atoms with Crippen LogP contribution in [0.1, 0.15) is 41.6 Å². The van der Waals surface area contributed by atoms with Crippen LogP contribution in [0.4, 0.5) is 0 Å². The minimum absolute atomic E-state index is 0.0332. The second-order valence-corrected chi connectivity index (χ2v) is 5.39. The van der Waals surface area contributed by atoms with E-state index in [9.17, 15) is 9.59 Å². The summed E-state index contributed by atoms with van der Waals surface area (Å²) in [6.45, 7) is 2.98. The maximum absolute atomic E-state index is 12.1. The molecule has 0 aromatic heterocycles. The number of hydrogen-bond donors (Lipinski definition) is 0. The fraction of sp³-hybridized carbons (Fsp3) is 0.500. The van der Waals surface area contributed by atoms with Crippen LogP contribution in [-0.4, -0.2) is 36.1 Å². The number of hydrogen-bond acceptors (Lipinski definition) is 3. The number of carbonyl (C=O) groups excluding carboxylic acids is 2. The molecule has 3 nitrogen and oxygen atoms in total. The van der Waals surface area contributed by atoms with E-state index >= 15 is 0 Å². The quantitative estimate of drug-likeness (QED) is 0.763. The van der Waals surface area contributed by atoms with Crippen molar-refractivity contribution in [2.75, 3.05) is 13.6 Å². The van der Waals surface area contributed by atoms with Gasteiger partial charge in [-0.1, -0.05) is 29.8 Å². The molecule has 0 aliphatic carbocycles. The first-order valence-electron chi connectivity index (χ1n) is 6.91. The molecule has 0 spiro atoms. The Bertz CT molecular complexity index is 464. The summed E-state index contributed by atoms with van der Waals surface area (Å²) in [5, 5.41) is 0. The fourth-order valence-corrected chi connectivity index (χ4v) is 2.60. The lowest BCUT2D eigenvalue weighted by Gasteiger charge is -2.17. The highest BCUT2D eigenvalue weighted by Crippen LogP contribution is 2.18. The lowest BCUT2D eigenvalue weighted by atomic mass is 10.0. The van der Waals surface area contributed by atoms with Crippen LogP contribution < -0.4 is 0 Å². The molecule has 1 aliphatic rings. The Balaban J connectivity index is 1.86. The number of ketones is 2. The molecule has 1 aromatic carbocycles. The monoisotopic (exact) mass is 259 g/mol. The van der Waals surface area contributed by atoms with Gasteiger partial charge in [0.15, 0.2) is 5.78 Å². The minimum atomic E-state index is 0.0332. The number of likely N-dealkylation sites (tertiary alicyclic amines) is 1. The van der Waals surface area contributed by atoms with E-state index in [4.69, 9.17) is 0 Å². The number of likely N-dealkylation sites (N-methyl/N-ethyl adjacent to an activating group) is 1. The van der Waals surface area contributed by atoms with E-state index in [0.29, 0.717) is 18.4 Å². The van der Waals surface area contributed by atoms with Gasteiger partial charge in [0.2, 0.25) is 0 Å². The molecule has 1 aliphatic heterocycles. The summed E-state index contributed by atoms with van der Waals surface area (Å²) in [4.78, 5) is 26.1. The van der Waals surface area contributed by atoms with E-state index in [0.717, 1.165) is 24.9 Å². The van der Waals surface area contributed by atoms with Crippen molar-refractivity contribution < 1.29 is 9.59 Å². The summed E-state index contributed by atoms with van der Waals surface area (Å²) in [7, 11) is 1.98. The molecule has 3 heteroatoms. The summed E-state index contributed by atoms with van der Waals surface area (Å²) < 4.78 is 0. The van der Waals surface area contributed by atoms with Crippen molar-refractivity contribution >= 4 is 11.6 Å². The third-order valence-corrected chi connectivity index (χ3v) is 3.86. The number of carbonyl (C=O) groups is 2. The Morgan fingerprint density at radius 3 is 2.47 bits per heavy atom. The zero-order chi connectivity index (χ0) is 13.8. The van der Waals surface area contributed by atoms with E-state index in [1.54, 1.807) is 0 Å². The zero-order valence-electron chi connectivity index (χ0n) is 11.7. The molecule has 2 rings (SSSR count). The topological polar surface area (TPSA) is 37.4 Å². The van der Waals surface area contributed by atoms with Crippen LogP contribution in [0.5, 0.6) is 0 Å². The first-order chi connectivity index (χ1) is 9.08. The average Bonchev–Trinajstić information content (AvgIpc) is 2.83. The van der Waals surface area contributed by atoms with Gasteiger partial charge in [-0.3, -0.25) is 14.5 Å². The van der Waals surface area contributed by atoms with Crippen LogP contribution in [0.3, 0.4) is 0 Å². The van der Waals surface area contributed by atoms with Crippen molar-refractivity contribution in [1.29, 1.82) is 0 Å². The van der Waals surface area contributed by atoms with Crippen LogP contribution >= 0.6 is 0 Å². The molecule has 0 saturated carbocycles. The Kier molecular flexibility index (Phi) is 4.48. The third-order valence-electron chi connectivity index (χ3n) is 3.86. The number of nitrogens with zero attached hydrogens (tertiary/aromatic N) is 1. The standard InChI is InChI=1S/C16H21NO2/c1-12-5-7-13(8-6-12)15(18)9-10-16(19)14-4-3-11-17(14)2/h5-8,14H,3-4,9-11H2,1-2H3/t14-/m0/s1. The van der Waals surface area contributed by atoms with E-state index in [1.165, 1.54) is 0 Å². The molecule has 0 unspecified atom stereocenters. The second kappa shape index (κ2) is 6.11. The normalized spacial score (nSPS) is 19.6. The van der Waals surface area contributed by atoms with Gasteiger partial charge in [-0.25, -0.2) is 0 Å². The summed E-state index contributed by atoms with van der Waals surface area (Å²) in [6, 6.07) is 7.57. The Labute approximate surface area is 114 Å². The van der Waals surface area contributed by atoms with Gasteiger partial charge in [-0.05, 0) is 33.4 Å². The second-order valence-electron chi connectivity index (χ2n) is 5.39. The van der Waals surface area contributed by atoms with Gasteiger partial charge in [0.1, 0.15) is 5.78 Å². The van der Waals surface area contributed by atoms with E-state index in [2.05, 4.69) is 4.90 Å². The molecular weight excluding hydrogens is 238 g/mol. The lowest BCUT2D eigenvalue weighted by Crippen LogP contribution is -2.33. The molecule has 1 saturated heterocycles. The molecule has 102 valence electrons. The SMILES string of the molecule is Cc1ccc(C(=O)CCC(=O)[C@@H]2CCCN2C)cc1. The first kappa shape index (κ1) is 13.9. The van der Waals surface area contributed by atoms with Crippen LogP contribution in [0.25, 0.3) is 0 Å². The average molecular weight is 259 g/mol. The molecule has 1 fully saturated rings. The molecule has 0 radical (unpaired) electrons. The maximum Gasteiger partial charge on any atom is 0.163 e. The minimum Gasteiger partial charge on any atom is -0.298 e. The van der Waals surface area contributed by atoms with Gasteiger partial charge >= 0.3 is 0 Å². The van der Waals surface area contributed by atoms with Gasteiger partial charge < -0.3 is 0 Å². The van der Waals surface area contributed by atoms with E-state index in [-0.39, 0.29) is 17.6 Å². The van der Waals surface area contributed by atoms with Crippen LogP contribution in [0, 0.1) is 6.92 Å². The Morgan fingerprint density at radius 2 is 1.89 bits per heavy atom. The van der Waals surface area contributed by atoms with Gasteiger partial charge in [-0.2, -0.15) is 0 Å². The highest BCUT2D eigenvalue weighted by molar-refractivity contribution is 5.98. The maximum atomic E-state index is 12.1. The van der Waals surface area contributed by atoms with Gasteiger partial charge in [0.25, 0.3) is 0 Å². The number of Topliss-reactive ketones (excluding diaryl/α,β-unsaturated/α-hetero) is 2. The largest absolute Gasteiger partial charge is 0.298 e. The molecule has 1 aromatic rings. The summed E-state index contributed by atoms with van der Waals surface area (Å²) in [5.74, 6) is 0.273. The van der Waals surface area contributed by atoms with Crippen molar-refractivity contribution in [3.05, 3.63) is 35.4 Å². The van der Waals surface area contributed by atoms with Crippen molar-refractivity contribution in [3.8, 4) is 0 Å². The van der Waals surface area contributed by atoms with Crippen LogP contribution in [0.2, 0.25) is 0 Å². The smallest absolute Gasteiger partial charge is 0.163 e. The van der Waals surface area contributed by atoms with Crippen molar-refractivity contribution in [2.24, 2.45) is 0 Å². The lowest BCUT2D eigenvalue weighted by molar-refractivity contribution is -0.122. The molecule has 0 N–H and O–H groups in total. The molecule has 0 bridgehead atoms. The summed E-state index contributed by atoms with van der Waals surface area (Å²) >= 11 is 0. The predicted molar refractivity (Wildman–Crippen MR) is 75.4 cm³/mol. The van der Waals surface area contributed by atoms with E-state index in [1.807, 2.05) is 38.2 Å². The third kappa shape index (κ3) is 3.51. The van der Waals surface area contributed by atoms with Gasteiger partial charge in [0.05, 0.1) is 6.04 Å². The summed E-state index contributed by atoms with van der Waals surface area (Å²) in [5.41, 5.74) is 1.85. The van der Waals surface area contributed by atoms with Gasteiger partial charge in [-0.15, -0.1) is 0 Å². The highest BCUT2D eigenvalue weighted by Gasteiger charge is 2.27. The molecule has 0 amide bonds. The Hall–Kier alpha value is -1.48. The van der Waals surface area contributed by atoms with Gasteiger partial charge in [0, 0.05) is 18.4 Å². The fourth-order valence-electron chi connectivity index (χ4n) is 2.60. The number of benzene rings is 1. The molecule has 1 atom stereocenters. The molecule has 1 heterocycles. The number of rotatable bonds is 5. The molecular formula is C16H21NO2. The van der Waals surface area contributed by atoms with Crippen LogP contribution in [-0.2, 0) is 4.79 Å².